The largest absolute Gasteiger partial charge is 0.477 e. The molecular weight excluding hydrogens is 252 g/mol. The second-order valence-corrected chi connectivity index (χ2v) is 4.16. The van der Waals surface area contributed by atoms with Crippen LogP contribution in [0.1, 0.15) is 20.8 Å². The molecule has 0 aromatic carbocycles. The number of nitrogens with zero attached hydrogens (tertiary/aromatic N) is 2. The second kappa shape index (κ2) is 5.77. The van der Waals surface area contributed by atoms with Crippen LogP contribution in [0.2, 0.25) is 0 Å². The summed E-state index contributed by atoms with van der Waals surface area (Å²) in [6.45, 7) is 0.990. The lowest BCUT2D eigenvalue weighted by Gasteiger charge is -2.32. The third kappa shape index (κ3) is 3.07. The molecule has 1 atom stereocenters. The summed E-state index contributed by atoms with van der Waals surface area (Å²) < 4.78 is 5.26. The molecule has 102 valence electrons. The molecule has 2 rings (SSSR count). The van der Waals surface area contributed by atoms with E-state index in [4.69, 9.17) is 14.9 Å². The number of amides is 1. The van der Waals surface area contributed by atoms with Crippen molar-refractivity contribution in [1.82, 2.24) is 9.88 Å². The predicted octanol–water partition coefficient (Wildman–Crippen LogP) is -0.387. The highest BCUT2D eigenvalue weighted by atomic mass is 16.5. The van der Waals surface area contributed by atoms with Gasteiger partial charge >= 0.3 is 5.97 Å². The molecule has 0 saturated carbocycles. The Morgan fingerprint density at radius 2 is 2.26 bits per heavy atom. The molecule has 7 nitrogen and oxygen atoms in total. The zero-order chi connectivity index (χ0) is 13.8. The third-order valence-electron chi connectivity index (χ3n) is 2.86. The third-order valence-corrected chi connectivity index (χ3v) is 2.86. The quantitative estimate of drug-likeness (QED) is 0.773. The average molecular weight is 266 g/mol. The summed E-state index contributed by atoms with van der Waals surface area (Å²) in [5.41, 5.74) is 0.218. The van der Waals surface area contributed by atoms with E-state index >= 15 is 0 Å². The van der Waals surface area contributed by atoms with E-state index in [-0.39, 0.29) is 24.3 Å². The maximum atomic E-state index is 12.1. The fraction of sp³-hybridized carbons (Fsp3) is 0.417. The molecule has 1 aromatic rings. The number of hydrogen-bond acceptors (Lipinski definition) is 5. The van der Waals surface area contributed by atoms with E-state index in [1.54, 1.807) is 4.90 Å². The number of hydrogen-bond donors (Lipinski definition) is 2. The van der Waals surface area contributed by atoms with Gasteiger partial charge in [-0.15, -0.1) is 0 Å². The van der Waals surface area contributed by atoms with Crippen LogP contribution in [-0.2, 0) is 4.74 Å². The monoisotopic (exact) mass is 266 g/mol. The number of aromatic carboxylic acids is 1. The zero-order valence-corrected chi connectivity index (χ0v) is 10.2. The molecular formula is C12H14N2O5. The Morgan fingerprint density at radius 3 is 2.84 bits per heavy atom. The van der Waals surface area contributed by atoms with Crippen LogP contribution in [0.4, 0.5) is 0 Å². The van der Waals surface area contributed by atoms with Crippen LogP contribution in [0.25, 0.3) is 0 Å². The molecule has 1 aliphatic rings. The van der Waals surface area contributed by atoms with Gasteiger partial charge in [0.05, 0.1) is 24.9 Å². The molecule has 0 bridgehead atoms. The van der Waals surface area contributed by atoms with Crippen LogP contribution in [0.15, 0.2) is 18.3 Å². The number of aliphatic hydroxyl groups is 1. The molecule has 1 fully saturated rings. The van der Waals surface area contributed by atoms with E-state index in [9.17, 15) is 9.59 Å². The van der Waals surface area contributed by atoms with Gasteiger partial charge in [-0.25, -0.2) is 9.78 Å². The number of ether oxygens (including phenoxy) is 1. The van der Waals surface area contributed by atoms with Gasteiger partial charge in [-0.1, -0.05) is 0 Å². The molecule has 1 saturated heterocycles. The van der Waals surface area contributed by atoms with Crippen molar-refractivity contribution < 1.29 is 24.5 Å². The van der Waals surface area contributed by atoms with Gasteiger partial charge in [0, 0.05) is 19.3 Å². The Morgan fingerprint density at radius 1 is 1.47 bits per heavy atom. The molecule has 1 aliphatic heterocycles. The van der Waals surface area contributed by atoms with Crippen molar-refractivity contribution in [3.05, 3.63) is 29.6 Å². The smallest absolute Gasteiger partial charge is 0.354 e. The topological polar surface area (TPSA) is 100.0 Å². The molecule has 2 heterocycles. The van der Waals surface area contributed by atoms with Crippen molar-refractivity contribution >= 4 is 11.9 Å². The molecule has 19 heavy (non-hydrogen) atoms. The first kappa shape index (κ1) is 13.4. The second-order valence-electron chi connectivity index (χ2n) is 4.16. The summed E-state index contributed by atoms with van der Waals surface area (Å²) in [7, 11) is 0. The Balaban J connectivity index is 2.08. The van der Waals surface area contributed by atoms with Crippen molar-refractivity contribution in [2.45, 2.75) is 6.10 Å². The van der Waals surface area contributed by atoms with Crippen LogP contribution in [0, 0.1) is 0 Å². The Hall–Kier alpha value is -1.99. The predicted molar refractivity (Wildman–Crippen MR) is 63.9 cm³/mol. The lowest BCUT2D eigenvalue weighted by atomic mass is 10.2. The minimum Gasteiger partial charge on any atom is -0.477 e. The molecule has 0 aliphatic carbocycles. The number of rotatable bonds is 3. The Labute approximate surface area is 109 Å². The number of aromatic nitrogens is 1. The number of morpholine rings is 1. The highest BCUT2D eigenvalue weighted by Gasteiger charge is 2.24. The summed E-state index contributed by atoms with van der Waals surface area (Å²) in [4.78, 5) is 28.1. The van der Waals surface area contributed by atoms with Gasteiger partial charge in [-0.2, -0.15) is 0 Å². The van der Waals surface area contributed by atoms with Crippen molar-refractivity contribution in [1.29, 1.82) is 0 Å². The standard InChI is InChI=1S/C12H14N2O5/c15-7-9-6-14(3-4-19-9)11(16)8-1-2-10(12(17)18)13-5-8/h1-2,5,9,15H,3-4,6-7H2,(H,17,18). The SMILES string of the molecule is O=C(O)c1ccc(C(=O)N2CCOC(CO)C2)cn1. The molecule has 1 aromatic heterocycles. The van der Waals surface area contributed by atoms with Crippen molar-refractivity contribution in [2.24, 2.45) is 0 Å². The molecule has 0 spiro atoms. The van der Waals surface area contributed by atoms with Gasteiger partial charge in [0.15, 0.2) is 0 Å². The van der Waals surface area contributed by atoms with Gasteiger partial charge in [0.2, 0.25) is 0 Å². The highest BCUT2D eigenvalue weighted by Crippen LogP contribution is 2.10. The number of aliphatic hydroxyl groups excluding tert-OH is 1. The number of carboxylic acid groups (broad SMARTS) is 1. The van der Waals surface area contributed by atoms with Crippen LogP contribution in [0.3, 0.4) is 0 Å². The minimum atomic E-state index is -1.13. The van der Waals surface area contributed by atoms with Gasteiger partial charge < -0.3 is 19.8 Å². The van der Waals surface area contributed by atoms with E-state index in [2.05, 4.69) is 4.98 Å². The first-order valence-electron chi connectivity index (χ1n) is 5.83. The molecule has 2 N–H and O–H groups in total. The van der Waals surface area contributed by atoms with Gasteiger partial charge in [-0.05, 0) is 12.1 Å². The van der Waals surface area contributed by atoms with E-state index in [1.165, 1.54) is 18.3 Å². The zero-order valence-electron chi connectivity index (χ0n) is 10.2. The molecule has 0 radical (unpaired) electrons. The van der Waals surface area contributed by atoms with Crippen LogP contribution in [0.5, 0.6) is 0 Å². The minimum absolute atomic E-state index is 0.105. The first-order valence-corrected chi connectivity index (χ1v) is 5.83. The van der Waals surface area contributed by atoms with Crippen LogP contribution in [-0.4, -0.2) is 64.4 Å². The molecule has 7 heteroatoms. The summed E-state index contributed by atoms with van der Waals surface area (Å²) in [6, 6.07) is 2.72. The summed E-state index contributed by atoms with van der Waals surface area (Å²) in [5.74, 6) is -1.38. The number of carboxylic acids is 1. The van der Waals surface area contributed by atoms with Crippen LogP contribution >= 0.6 is 0 Å². The van der Waals surface area contributed by atoms with Crippen LogP contribution < -0.4 is 0 Å². The highest BCUT2D eigenvalue weighted by molar-refractivity contribution is 5.95. The first-order chi connectivity index (χ1) is 9.11. The number of pyridine rings is 1. The lowest BCUT2D eigenvalue weighted by molar-refractivity contribution is -0.0447. The molecule has 1 unspecified atom stereocenters. The van der Waals surface area contributed by atoms with E-state index in [1.807, 2.05) is 0 Å². The number of carbonyl (C=O) groups excluding carboxylic acids is 1. The van der Waals surface area contributed by atoms with E-state index in [0.717, 1.165) is 0 Å². The lowest BCUT2D eigenvalue weighted by Crippen LogP contribution is -2.46. The van der Waals surface area contributed by atoms with Gasteiger partial charge in [-0.3, -0.25) is 4.79 Å². The van der Waals surface area contributed by atoms with Gasteiger partial charge in [0.1, 0.15) is 5.69 Å². The van der Waals surface area contributed by atoms with Gasteiger partial charge in [0.25, 0.3) is 5.91 Å². The normalized spacial score (nSPS) is 19.2. The number of carbonyl (C=O) groups is 2. The van der Waals surface area contributed by atoms with E-state index < -0.39 is 5.97 Å². The maximum absolute atomic E-state index is 12.1. The van der Waals surface area contributed by atoms with Crippen molar-refractivity contribution in [3.63, 3.8) is 0 Å². The summed E-state index contributed by atoms with van der Waals surface area (Å²) in [6.07, 6.45) is 0.874. The fourth-order valence-electron chi connectivity index (χ4n) is 1.84. The summed E-state index contributed by atoms with van der Waals surface area (Å²) >= 11 is 0. The summed E-state index contributed by atoms with van der Waals surface area (Å²) in [5, 5.41) is 17.7. The maximum Gasteiger partial charge on any atom is 0.354 e. The Bertz CT molecular complexity index is 474. The van der Waals surface area contributed by atoms with Crippen molar-refractivity contribution in [2.75, 3.05) is 26.3 Å². The molecule has 1 amide bonds. The fourth-order valence-corrected chi connectivity index (χ4v) is 1.84. The Kier molecular flexibility index (Phi) is 4.08. The average Bonchev–Trinajstić information content (AvgIpc) is 2.46. The van der Waals surface area contributed by atoms with E-state index in [0.29, 0.717) is 25.3 Å². The van der Waals surface area contributed by atoms with Crippen molar-refractivity contribution in [3.8, 4) is 0 Å².